The van der Waals surface area contributed by atoms with E-state index < -0.39 is 53.2 Å². The number of aliphatic hydroxyl groups excluding tert-OH is 8. The monoisotopic (exact) mass is 1450 g/mol. The fourth-order valence-electron chi connectivity index (χ4n) is 13.9. The number of H-pyrrole nitrogens is 2. The van der Waals surface area contributed by atoms with Gasteiger partial charge >= 0.3 is 5.69 Å². The first-order valence-corrected chi connectivity index (χ1v) is 33.6. The van der Waals surface area contributed by atoms with Crippen LogP contribution in [0.2, 0.25) is 5.15 Å². The van der Waals surface area contributed by atoms with Crippen LogP contribution in [0.15, 0.2) is 77.5 Å². The van der Waals surface area contributed by atoms with Crippen molar-refractivity contribution in [3.8, 4) is 0 Å². The number of alkyl halides is 2. The molecule has 103 heavy (non-hydrogen) atoms. The molecule has 0 amide bonds. The van der Waals surface area contributed by atoms with E-state index in [-0.39, 0.29) is 96.9 Å². The fraction of sp³-hybridized carbons (Fsp3) is 0.532. The van der Waals surface area contributed by atoms with Gasteiger partial charge in [0.05, 0.1) is 68.2 Å². The van der Waals surface area contributed by atoms with Crippen molar-refractivity contribution in [1.29, 1.82) is 0 Å². The predicted molar refractivity (Wildman–Crippen MR) is 363 cm³/mol. The number of fused-ring (bicyclic) bond motifs is 5. The Hall–Kier alpha value is -9.81. The number of aliphatic hydroxyl groups is 8. The van der Waals surface area contributed by atoms with Gasteiger partial charge in [0.2, 0.25) is 11.8 Å². The molecule has 6 fully saturated rings. The van der Waals surface area contributed by atoms with Gasteiger partial charge in [0.1, 0.15) is 59.7 Å². The van der Waals surface area contributed by atoms with Crippen LogP contribution in [0, 0.1) is 59.1 Å². The van der Waals surface area contributed by atoms with Crippen LogP contribution in [0.5, 0.6) is 0 Å². The molecule has 0 radical (unpaired) electrons. The van der Waals surface area contributed by atoms with Crippen molar-refractivity contribution in [1.82, 2.24) is 107 Å². The number of aromatic nitrogens is 22. The summed E-state index contributed by atoms with van der Waals surface area (Å²) in [5, 5.41) is 73.4. The highest BCUT2D eigenvalue weighted by Crippen LogP contribution is 2.44. The van der Waals surface area contributed by atoms with Gasteiger partial charge in [-0.2, -0.15) is 9.37 Å². The molecular weight excluding hydrogens is 1380 g/mol. The summed E-state index contributed by atoms with van der Waals surface area (Å²) in [4.78, 5) is 94.6. The number of rotatable bonds is 15. The van der Waals surface area contributed by atoms with E-state index in [0.717, 1.165) is 60.8 Å². The van der Waals surface area contributed by atoms with E-state index in [0.29, 0.717) is 113 Å². The van der Waals surface area contributed by atoms with E-state index >= 15 is 0 Å². The Labute approximate surface area is 584 Å². The summed E-state index contributed by atoms with van der Waals surface area (Å²) in [5.74, 6) is 1.24. The first-order valence-electron chi connectivity index (χ1n) is 33.2. The lowest BCUT2D eigenvalue weighted by molar-refractivity contribution is -0.0708. The molecule has 0 spiro atoms. The van der Waals surface area contributed by atoms with Crippen molar-refractivity contribution < 1.29 is 54.0 Å². The van der Waals surface area contributed by atoms with Crippen LogP contribution in [-0.2, 0) is 19.6 Å². The van der Waals surface area contributed by atoms with Crippen LogP contribution in [0.4, 0.5) is 36.6 Å². The van der Waals surface area contributed by atoms with Crippen molar-refractivity contribution in [2.24, 2.45) is 53.3 Å². The number of imidazole rings is 5. The largest absolute Gasteiger partial charge is 0.396 e. The molecule has 6 aliphatic carbocycles. The summed E-state index contributed by atoms with van der Waals surface area (Å²) in [6.45, 7) is 2.11. The van der Waals surface area contributed by atoms with Crippen molar-refractivity contribution in [2.45, 2.75) is 114 Å². The van der Waals surface area contributed by atoms with Gasteiger partial charge in [-0.25, -0.2) is 78.4 Å². The van der Waals surface area contributed by atoms with E-state index in [1.165, 1.54) is 42.5 Å². The Morgan fingerprint density at radius 1 is 0.427 bits per heavy atom. The number of nitrogens with two attached hydrogens (primary N) is 4. The van der Waals surface area contributed by atoms with Gasteiger partial charge in [-0.3, -0.25) is 24.1 Å². The smallest absolute Gasteiger partial charge is 0.328 e. The zero-order chi connectivity index (χ0) is 73.1. The Morgan fingerprint density at radius 3 is 1.34 bits per heavy atom. The zero-order valence-electron chi connectivity index (χ0n) is 55.1. The molecule has 550 valence electrons. The van der Waals surface area contributed by atoms with E-state index in [4.69, 9.17) is 65.2 Å². The molecule has 0 aromatic carbocycles. The fourth-order valence-corrected chi connectivity index (χ4v) is 14.0. The summed E-state index contributed by atoms with van der Waals surface area (Å²) in [5.41, 5.74) is 26.0. The molecule has 6 saturated carbocycles. The Bertz CT molecular complexity index is 4730. The molecule has 4 unspecified atom stereocenters. The van der Waals surface area contributed by atoms with Crippen LogP contribution in [0.3, 0.4) is 0 Å². The number of nitrogens with one attached hydrogen (secondary N) is 2. The summed E-state index contributed by atoms with van der Waals surface area (Å²) in [6.07, 6.45) is 17.7. The highest BCUT2D eigenvalue weighted by molar-refractivity contribution is 6.33. The van der Waals surface area contributed by atoms with Crippen LogP contribution in [0.25, 0.3) is 55.8 Å². The van der Waals surface area contributed by atoms with Crippen molar-refractivity contribution >= 4 is 90.8 Å². The quantitative estimate of drug-likeness (QED) is 0.0591. The summed E-state index contributed by atoms with van der Waals surface area (Å²) >= 11 is 5.87. The van der Waals surface area contributed by atoms with Crippen LogP contribution >= 0.6 is 11.6 Å². The number of halogens is 4. The maximum Gasteiger partial charge on any atom is 0.328 e. The molecule has 0 bridgehead atoms. The number of hydrogen-bond donors (Lipinski definition) is 14. The minimum Gasteiger partial charge on any atom is -0.396 e. The molecule has 0 aliphatic heterocycles. The third-order valence-corrected chi connectivity index (χ3v) is 20.5. The second kappa shape index (κ2) is 31.4. The van der Waals surface area contributed by atoms with Crippen LogP contribution in [0.1, 0.15) is 69.5 Å². The van der Waals surface area contributed by atoms with E-state index in [1.807, 2.05) is 14.1 Å². The number of nitrogens with zero attached hydrogens (tertiary/aromatic N) is 20. The molecule has 6 aliphatic rings. The van der Waals surface area contributed by atoms with Crippen LogP contribution < -0.4 is 39.7 Å². The molecule has 17 rings (SSSR count). The number of hydrogen-bond acceptors (Lipinski definition) is 29. The summed E-state index contributed by atoms with van der Waals surface area (Å²) < 4.78 is 50.5. The van der Waals surface area contributed by atoms with E-state index in [9.17, 15) is 37.8 Å². The molecule has 0 saturated heterocycles. The molecule has 11 heterocycles. The van der Waals surface area contributed by atoms with Gasteiger partial charge < -0.3 is 86.6 Å². The van der Waals surface area contributed by atoms with Gasteiger partial charge in [-0.05, 0) is 75.0 Å². The molecule has 11 aromatic rings. The molecule has 11 aromatic heterocycles. The van der Waals surface area contributed by atoms with Gasteiger partial charge in [0.15, 0.2) is 56.4 Å². The Kier molecular flexibility index (Phi) is 22.3. The maximum atomic E-state index is 13.8. The first kappa shape index (κ1) is 73.0. The molecular formula is C62H78ClF3N26O11. The Morgan fingerprint density at radius 2 is 0.854 bits per heavy atom. The maximum absolute atomic E-state index is 13.8. The van der Waals surface area contributed by atoms with Gasteiger partial charge in [0, 0.05) is 88.9 Å². The standard InChI is InChI=1S/2C11H15N5O.C10H10ClFN4O.C10H12FN5O2.C10H13FN2O4.C10H13N5O2/c2*12-10-9-11(14-5-13-10)16(6-15-9)3-7-1-8(2-7)4-17;11-9-8-10(14-3-13-9)16(4-15-8)6-1-5(2-17)7(6)12;11-6-4(2-17)1-5(6)16-3-13-7-8(16)14-10(12)15-9(7)18;11-7-3-13(10(17)12-9(7)16)2-5-1-6(4-14)8(5)15;11-9-7-10(13-3-12-9)15(4-14-7)6-1-5(2-16)8(6)17/h2*5-8,17H,1-4H2,(H2,12,13,14);3-7,17H,1-2H2;3-6,17H,1-2H2,(H3,12,14,15,18);3,5-6,8,14-15H,1-2,4H2,(H,12,16,17);3-6,8,16-17H,1-2H2,(H2,11,12,13)/t;;5-,6-,7?;4-,5-,6?;5-,6+,8?;5-,6-,8?/m..1101/s1. The number of aromatic amines is 2. The second-order valence-corrected chi connectivity index (χ2v) is 27.1. The van der Waals surface area contributed by atoms with Crippen molar-refractivity contribution in [2.75, 3.05) is 62.6 Å². The molecule has 41 heteroatoms. The number of anilines is 4. The predicted octanol–water partition coefficient (Wildman–Crippen LogP) is -0.194. The average Bonchev–Trinajstić information content (AvgIpc) is 1.70. The van der Waals surface area contributed by atoms with Gasteiger partial charge in [-0.1, -0.05) is 11.6 Å². The van der Waals surface area contributed by atoms with Crippen molar-refractivity contribution in [3.63, 3.8) is 0 Å². The highest BCUT2D eigenvalue weighted by Gasteiger charge is 2.45. The first-order chi connectivity index (χ1) is 49.6. The lowest BCUT2D eigenvalue weighted by atomic mass is 9.72. The molecule has 12 atom stereocenters. The topological polar surface area (TPSA) is 559 Å². The minimum absolute atomic E-state index is 0.00141. The number of nitrogen functional groups attached to an aromatic ring is 4. The van der Waals surface area contributed by atoms with E-state index in [1.54, 1.807) is 28.1 Å². The Balaban J connectivity index is 0.000000116. The molecule has 37 nitrogen and oxygen atoms in total. The SMILES string of the molecule is Nc1nc2c(ncn2[C@@H]2C[C@H](CO)C2F)c(=O)[nH]1.Nc1ncnc2c1ncn2CC1CC(CO)C1.Nc1ncnc2c1ncn2CC1CC(CO)C1.Nc1ncnc2c1ncn2[C@@H]1C[C@H](CO)C1O.O=c1[nH]c(=O)n(C[C@@H]2C[C@H](CO)C2O)cc1F.OC[C@H]1C[C@@H](n2cnc3c(Cl)ncnc32)C1F. The summed E-state index contributed by atoms with van der Waals surface area (Å²) in [6, 6.07) is -0.851. The third-order valence-electron chi connectivity index (χ3n) is 20.2. The normalized spacial score (nSPS) is 26.6. The summed E-state index contributed by atoms with van der Waals surface area (Å²) in [7, 11) is 0. The highest BCUT2D eigenvalue weighted by atomic mass is 35.5. The van der Waals surface area contributed by atoms with Crippen LogP contribution in [-0.4, -0.2) is 212 Å². The van der Waals surface area contributed by atoms with Crippen molar-refractivity contribution in [3.05, 3.63) is 105 Å². The molecule has 18 N–H and O–H groups in total. The third kappa shape index (κ3) is 15.1. The minimum atomic E-state index is -1.16. The second-order valence-electron chi connectivity index (χ2n) is 26.7. The van der Waals surface area contributed by atoms with Gasteiger partial charge in [0.25, 0.3) is 11.1 Å². The lowest BCUT2D eigenvalue weighted by Gasteiger charge is -2.40. The zero-order valence-corrected chi connectivity index (χ0v) is 55.9. The average molecular weight is 1460 g/mol. The lowest BCUT2D eigenvalue weighted by Crippen LogP contribution is -2.47. The van der Waals surface area contributed by atoms with Gasteiger partial charge in [-0.15, -0.1) is 0 Å². The van der Waals surface area contributed by atoms with E-state index in [2.05, 4.69) is 74.8 Å².